The van der Waals surface area contributed by atoms with Crippen LogP contribution in [0.1, 0.15) is 11.1 Å². The monoisotopic (exact) mass is 233 g/mol. The first kappa shape index (κ1) is 11.7. The molecule has 2 rings (SSSR count). The molecular weight excluding hydrogens is 220 g/mol. The van der Waals surface area contributed by atoms with Gasteiger partial charge in [-0.25, -0.2) is 8.78 Å². The maximum Gasteiger partial charge on any atom is 0.133 e. The second kappa shape index (κ2) is 4.63. The predicted octanol–water partition coefficient (Wildman–Crippen LogP) is 3.40. The summed E-state index contributed by atoms with van der Waals surface area (Å²) in [6.45, 7) is 2.32. The molecule has 1 nitrogen and oxygen atoms in total. The average molecular weight is 233 g/mol. The molecule has 17 heavy (non-hydrogen) atoms. The maximum atomic E-state index is 13.6. The van der Waals surface area contributed by atoms with E-state index >= 15 is 0 Å². The van der Waals surface area contributed by atoms with Crippen LogP contribution < -0.4 is 5.73 Å². The number of hydrogen-bond acceptors (Lipinski definition) is 1. The Morgan fingerprint density at radius 3 is 2.47 bits per heavy atom. The molecule has 0 fully saturated rings. The Morgan fingerprint density at radius 1 is 1.06 bits per heavy atom. The molecule has 0 spiro atoms. The van der Waals surface area contributed by atoms with Gasteiger partial charge in [-0.2, -0.15) is 0 Å². The largest absolute Gasteiger partial charge is 0.326 e. The second-order valence-corrected chi connectivity index (χ2v) is 4.04. The van der Waals surface area contributed by atoms with Gasteiger partial charge in [-0.1, -0.05) is 17.7 Å². The Labute approximate surface area is 98.9 Å². The zero-order chi connectivity index (χ0) is 12.4. The first-order chi connectivity index (χ1) is 8.10. The van der Waals surface area contributed by atoms with Crippen LogP contribution in [0.25, 0.3) is 11.1 Å². The van der Waals surface area contributed by atoms with Crippen molar-refractivity contribution in [2.75, 3.05) is 0 Å². The van der Waals surface area contributed by atoms with Crippen molar-refractivity contribution in [3.8, 4) is 11.1 Å². The van der Waals surface area contributed by atoms with Gasteiger partial charge in [0.2, 0.25) is 0 Å². The van der Waals surface area contributed by atoms with Gasteiger partial charge in [0, 0.05) is 18.2 Å². The predicted molar refractivity (Wildman–Crippen MR) is 64.4 cm³/mol. The van der Waals surface area contributed by atoms with Gasteiger partial charge in [0.25, 0.3) is 0 Å². The Bertz CT molecular complexity index is 550. The van der Waals surface area contributed by atoms with Crippen LogP contribution in [0.4, 0.5) is 8.78 Å². The fourth-order valence-electron chi connectivity index (χ4n) is 1.86. The lowest BCUT2D eigenvalue weighted by Gasteiger charge is -2.07. The fraction of sp³-hybridized carbons (Fsp3) is 0.143. The summed E-state index contributed by atoms with van der Waals surface area (Å²) >= 11 is 0. The van der Waals surface area contributed by atoms with Gasteiger partial charge in [0.15, 0.2) is 0 Å². The zero-order valence-corrected chi connectivity index (χ0v) is 9.50. The quantitative estimate of drug-likeness (QED) is 0.845. The SMILES string of the molecule is Cc1cc(CN)cc(-c2ccc(F)cc2F)c1. The minimum Gasteiger partial charge on any atom is -0.326 e. The molecule has 3 heteroatoms. The van der Waals surface area contributed by atoms with Gasteiger partial charge in [0.05, 0.1) is 0 Å². The van der Waals surface area contributed by atoms with Gasteiger partial charge < -0.3 is 5.73 Å². The lowest BCUT2D eigenvalue weighted by Crippen LogP contribution is -1.97. The number of rotatable bonds is 2. The highest BCUT2D eigenvalue weighted by Crippen LogP contribution is 2.25. The molecule has 0 unspecified atom stereocenters. The smallest absolute Gasteiger partial charge is 0.133 e. The summed E-state index contributed by atoms with van der Waals surface area (Å²) in [5, 5.41) is 0. The summed E-state index contributed by atoms with van der Waals surface area (Å²) < 4.78 is 26.5. The van der Waals surface area contributed by atoms with Gasteiger partial charge in [-0.15, -0.1) is 0 Å². The summed E-state index contributed by atoms with van der Waals surface area (Å²) in [4.78, 5) is 0. The number of aryl methyl sites for hydroxylation is 1. The number of halogens is 2. The standard InChI is InChI=1S/C14H13F2N/c1-9-4-10(8-17)6-11(5-9)13-3-2-12(15)7-14(13)16/h2-7H,8,17H2,1H3. The van der Waals surface area contributed by atoms with Crippen molar-refractivity contribution in [3.05, 3.63) is 59.2 Å². The molecule has 0 saturated heterocycles. The van der Waals surface area contributed by atoms with Crippen molar-refractivity contribution in [2.24, 2.45) is 5.73 Å². The van der Waals surface area contributed by atoms with Gasteiger partial charge in [0.1, 0.15) is 11.6 Å². The van der Waals surface area contributed by atoms with Crippen molar-refractivity contribution in [1.82, 2.24) is 0 Å². The normalized spacial score (nSPS) is 10.6. The van der Waals surface area contributed by atoms with E-state index in [0.29, 0.717) is 12.1 Å². The van der Waals surface area contributed by atoms with Crippen LogP contribution in [0.5, 0.6) is 0 Å². The van der Waals surface area contributed by atoms with E-state index in [9.17, 15) is 8.78 Å². The third-order valence-corrected chi connectivity index (χ3v) is 2.61. The highest BCUT2D eigenvalue weighted by atomic mass is 19.1. The third-order valence-electron chi connectivity index (χ3n) is 2.61. The van der Waals surface area contributed by atoms with Crippen LogP contribution in [0, 0.1) is 18.6 Å². The first-order valence-electron chi connectivity index (χ1n) is 5.36. The van der Waals surface area contributed by atoms with Crippen molar-refractivity contribution < 1.29 is 8.78 Å². The third kappa shape index (κ3) is 2.50. The van der Waals surface area contributed by atoms with Gasteiger partial charge in [-0.05, 0) is 36.2 Å². The summed E-state index contributed by atoms with van der Waals surface area (Å²) in [6.07, 6.45) is 0. The molecule has 88 valence electrons. The second-order valence-electron chi connectivity index (χ2n) is 4.04. The van der Waals surface area contributed by atoms with Crippen LogP contribution in [0.15, 0.2) is 36.4 Å². The van der Waals surface area contributed by atoms with Crippen LogP contribution >= 0.6 is 0 Å². The van der Waals surface area contributed by atoms with Crippen LogP contribution in [-0.2, 0) is 6.54 Å². The van der Waals surface area contributed by atoms with Gasteiger partial charge in [-0.3, -0.25) is 0 Å². The van der Waals surface area contributed by atoms with Crippen LogP contribution in [0.2, 0.25) is 0 Å². The Hall–Kier alpha value is -1.74. The highest BCUT2D eigenvalue weighted by Gasteiger charge is 2.07. The zero-order valence-electron chi connectivity index (χ0n) is 9.50. The van der Waals surface area contributed by atoms with E-state index < -0.39 is 11.6 Å². The topological polar surface area (TPSA) is 26.0 Å². The molecule has 0 saturated carbocycles. The van der Waals surface area contributed by atoms with E-state index in [1.807, 2.05) is 25.1 Å². The summed E-state index contributed by atoms with van der Waals surface area (Å²) in [7, 11) is 0. The molecular formula is C14H13F2N. The fourth-order valence-corrected chi connectivity index (χ4v) is 1.86. The van der Waals surface area contributed by atoms with Gasteiger partial charge >= 0.3 is 0 Å². The minimum absolute atomic E-state index is 0.393. The van der Waals surface area contributed by atoms with E-state index in [-0.39, 0.29) is 0 Å². The number of nitrogens with two attached hydrogens (primary N) is 1. The molecule has 0 atom stereocenters. The lowest BCUT2D eigenvalue weighted by atomic mass is 10.00. The van der Waals surface area contributed by atoms with E-state index in [2.05, 4.69) is 0 Å². The van der Waals surface area contributed by atoms with E-state index in [1.54, 1.807) is 0 Å². The Morgan fingerprint density at radius 2 is 1.82 bits per heavy atom. The lowest BCUT2D eigenvalue weighted by molar-refractivity contribution is 0.585. The van der Waals surface area contributed by atoms with Crippen molar-refractivity contribution in [2.45, 2.75) is 13.5 Å². The molecule has 0 radical (unpaired) electrons. The van der Waals surface area contributed by atoms with E-state index in [4.69, 9.17) is 5.73 Å². The average Bonchev–Trinajstić information content (AvgIpc) is 2.28. The molecule has 0 aromatic heterocycles. The molecule has 2 aromatic rings. The Balaban J connectivity index is 2.55. The molecule has 0 bridgehead atoms. The molecule has 0 amide bonds. The number of hydrogen-bond donors (Lipinski definition) is 1. The number of benzene rings is 2. The van der Waals surface area contributed by atoms with Crippen LogP contribution in [0.3, 0.4) is 0 Å². The first-order valence-corrected chi connectivity index (χ1v) is 5.36. The summed E-state index contributed by atoms with van der Waals surface area (Å²) in [5.41, 5.74) is 8.63. The molecule has 0 aliphatic heterocycles. The summed E-state index contributed by atoms with van der Waals surface area (Å²) in [6, 6.07) is 9.21. The maximum absolute atomic E-state index is 13.6. The Kier molecular flexibility index (Phi) is 3.20. The molecule has 0 aliphatic rings. The minimum atomic E-state index is -0.571. The van der Waals surface area contributed by atoms with Crippen molar-refractivity contribution >= 4 is 0 Å². The summed E-state index contributed by atoms with van der Waals surface area (Å²) in [5.74, 6) is -1.13. The van der Waals surface area contributed by atoms with Crippen molar-refractivity contribution in [1.29, 1.82) is 0 Å². The van der Waals surface area contributed by atoms with E-state index in [0.717, 1.165) is 22.8 Å². The molecule has 2 N–H and O–H groups in total. The molecule has 2 aromatic carbocycles. The van der Waals surface area contributed by atoms with Crippen molar-refractivity contribution in [3.63, 3.8) is 0 Å². The molecule has 0 heterocycles. The van der Waals surface area contributed by atoms with Crippen LogP contribution in [-0.4, -0.2) is 0 Å². The highest BCUT2D eigenvalue weighted by molar-refractivity contribution is 5.65. The molecule has 0 aliphatic carbocycles. The van der Waals surface area contributed by atoms with E-state index in [1.165, 1.54) is 12.1 Å².